The Labute approximate surface area is 142 Å². The van der Waals surface area contributed by atoms with E-state index in [4.69, 9.17) is 4.74 Å². The minimum absolute atomic E-state index is 0.0601. The summed E-state index contributed by atoms with van der Waals surface area (Å²) in [6.45, 7) is 0.443. The van der Waals surface area contributed by atoms with Crippen LogP contribution < -0.4 is 10.1 Å². The molecule has 1 amide bonds. The van der Waals surface area contributed by atoms with Gasteiger partial charge >= 0.3 is 0 Å². The summed E-state index contributed by atoms with van der Waals surface area (Å²) in [6.07, 6.45) is 0.765. The van der Waals surface area contributed by atoms with Crippen molar-refractivity contribution in [3.63, 3.8) is 0 Å². The van der Waals surface area contributed by atoms with Crippen molar-refractivity contribution < 1.29 is 14.3 Å². The number of nitrogens with one attached hydrogen (secondary N) is 1. The van der Waals surface area contributed by atoms with E-state index in [2.05, 4.69) is 10.2 Å². The molecule has 5 heteroatoms. The normalized spacial score (nSPS) is 11.8. The summed E-state index contributed by atoms with van der Waals surface area (Å²) < 4.78 is 5.42. The van der Waals surface area contributed by atoms with Crippen LogP contribution in [0.5, 0.6) is 5.75 Å². The zero-order chi connectivity index (χ0) is 17.4. The average Bonchev–Trinajstić information content (AvgIpc) is 2.61. The van der Waals surface area contributed by atoms with E-state index in [1.165, 1.54) is 0 Å². The van der Waals surface area contributed by atoms with Crippen LogP contribution in [0.25, 0.3) is 0 Å². The van der Waals surface area contributed by atoms with Crippen molar-refractivity contribution in [2.75, 3.05) is 27.2 Å². The summed E-state index contributed by atoms with van der Waals surface area (Å²) in [4.78, 5) is 24.6. The van der Waals surface area contributed by atoms with E-state index in [1.807, 2.05) is 44.4 Å². The number of rotatable bonds is 8. The first-order chi connectivity index (χ1) is 11.6. The maximum Gasteiger partial charge on any atom is 0.258 e. The van der Waals surface area contributed by atoms with Gasteiger partial charge in [0.1, 0.15) is 12.0 Å². The molecule has 1 unspecified atom stereocenters. The second-order valence-corrected chi connectivity index (χ2v) is 5.67. The first-order valence-electron chi connectivity index (χ1n) is 7.76. The van der Waals surface area contributed by atoms with Crippen LogP contribution in [0.1, 0.15) is 22.0 Å². The average molecular weight is 326 g/mol. The zero-order valence-corrected chi connectivity index (χ0v) is 13.9. The number of amides is 1. The summed E-state index contributed by atoms with van der Waals surface area (Å²) in [5.41, 5.74) is 1.72. The van der Waals surface area contributed by atoms with Gasteiger partial charge in [0, 0.05) is 12.1 Å². The van der Waals surface area contributed by atoms with E-state index < -0.39 is 0 Å². The monoisotopic (exact) mass is 326 g/mol. The molecule has 0 aliphatic carbocycles. The predicted octanol–water partition coefficient (Wildman–Crippen LogP) is 2.30. The summed E-state index contributed by atoms with van der Waals surface area (Å²) in [7, 11) is 3.96. The van der Waals surface area contributed by atoms with Crippen LogP contribution in [0.3, 0.4) is 0 Å². The lowest BCUT2D eigenvalue weighted by atomic mass is 10.1. The van der Waals surface area contributed by atoms with Gasteiger partial charge in [0.25, 0.3) is 5.91 Å². The fourth-order valence-electron chi connectivity index (χ4n) is 2.33. The van der Waals surface area contributed by atoms with E-state index in [0.717, 1.165) is 11.8 Å². The molecule has 1 N–H and O–H groups in total. The van der Waals surface area contributed by atoms with Crippen LogP contribution in [-0.4, -0.2) is 44.3 Å². The minimum atomic E-state index is -0.183. The molecular formula is C19H22N2O3. The van der Waals surface area contributed by atoms with Crippen LogP contribution in [0.15, 0.2) is 54.6 Å². The molecule has 2 aromatic rings. The number of aldehydes is 1. The Morgan fingerprint density at radius 2 is 1.79 bits per heavy atom. The highest BCUT2D eigenvalue weighted by atomic mass is 16.5. The number of likely N-dealkylation sites (N-methyl/N-ethyl adjacent to an activating group) is 1. The quantitative estimate of drug-likeness (QED) is 0.756. The molecule has 0 radical (unpaired) electrons. The SMILES string of the molecule is CN(C)C(CNC(=O)COc1ccc(C=O)cc1)c1ccccc1. The zero-order valence-electron chi connectivity index (χ0n) is 13.9. The van der Waals surface area contributed by atoms with Crippen LogP contribution in [0, 0.1) is 0 Å². The molecular weight excluding hydrogens is 304 g/mol. The molecule has 5 nitrogen and oxygen atoms in total. The Morgan fingerprint density at radius 1 is 1.12 bits per heavy atom. The van der Waals surface area contributed by atoms with Gasteiger partial charge in [-0.1, -0.05) is 30.3 Å². The van der Waals surface area contributed by atoms with Gasteiger partial charge in [0.15, 0.2) is 6.61 Å². The molecule has 0 fully saturated rings. The minimum Gasteiger partial charge on any atom is -0.484 e. The van der Waals surface area contributed by atoms with Crippen LogP contribution in [0.2, 0.25) is 0 Å². The molecule has 126 valence electrons. The molecule has 0 aliphatic rings. The molecule has 0 aromatic heterocycles. The molecule has 0 saturated carbocycles. The first kappa shape index (κ1) is 17.7. The Hall–Kier alpha value is -2.66. The third kappa shape index (κ3) is 5.21. The molecule has 0 aliphatic heterocycles. The van der Waals surface area contributed by atoms with Crippen molar-refractivity contribution in [2.45, 2.75) is 6.04 Å². The summed E-state index contributed by atoms with van der Waals surface area (Å²) >= 11 is 0. The van der Waals surface area contributed by atoms with Crippen molar-refractivity contribution in [3.05, 3.63) is 65.7 Å². The number of nitrogens with zero attached hydrogens (tertiary/aromatic N) is 1. The summed E-state index contributed by atoms with van der Waals surface area (Å²) in [5, 5.41) is 2.89. The van der Waals surface area contributed by atoms with Gasteiger partial charge in [0.2, 0.25) is 0 Å². The second kappa shape index (κ2) is 8.84. The highest BCUT2D eigenvalue weighted by Crippen LogP contribution is 2.16. The van der Waals surface area contributed by atoms with Crippen molar-refractivity contribution in [3.8, 4) is 5.75 Å². The first-order valence-corrected chi connectivity index (χ1v) is 7.76. The molecule has 2 aromatic carbocycles. The highest BCUT2D eigenvalue weighted by Gasteiger charge is 2.15. The molecule has 1 atom stereocenters. The van der Waals surface area contributed by atoms with Gasteiger partial charge in [-0.2, -0.15) is 0 Å². The second-order valence-electron chi connectivity index (χ2n) is 5.67. The lowest BCUT2D eigenvalue weighted by Gasteiger charge is -2.25. The molecule has 0 spiro atoms. The molecule has 0 bridgehead atoms. The maximum absolute atomic E-state index is 12.0. The van der Waals surface area contributed by atoms with Crippen molar-refractivity contribution in [2.24, 2.45) is 0 Å². The van der Waals surface area contributed by atoms with Gasteiger partial charge in [-0.05, 0) is 43.9 Å². The smallest absolute Gasteiger partial charge is 0.258 e. The highest BCUT2D eigenvalue weighted by molar-refractivity contribution is 5.77. The van der Waals surface area contributed by atoms with Crippen LogP contribution in [-0.2, 0) is 4.79 Å². The number of ether oxygens (including phenoxy) is 1. The molecule has 2 rings (SSSR count). The van der Waals surface area contributed by atoms with E-state index in [1.54, 1.807) is 24.3 Å². The summed E-state index contributed by atoms with van der Waals surface area (Å²) in [6, 6.07) is 16.8. The van der Waals surface area contributed by atoms with E-state index in [0.29, 0.717) is 17.9 Å². The van der Waals surface area contributed by atoms with Gasteiger partial charge in [-0.3, -0.25) is 9.59 Å². The van der Waals surface area contributed by atoms with Crippen LogP contribution >= 0.6 is 0 Å². The number of carbonyl (C=O) groups is 2. The van der Waals surface area contributed by atoms with Gasteiger partial charge in [0.05, 0.1) is 6.04 Å². The van der Waals surface area contributed by atoms with Crippen molar-refractivity contribution in [1.82, 2.24) is 10.2 Å². The fraction of sp³-hybridized carbons (Fsp3) is 0.263. The maximum atomic E-state index is 12.0. The largest absolute Gasteiger partial charge is 0.484 e. The Balaban J connectivity index is 1.83. The van der Waals surface area contributed by atoms with E-state index in [9.17, 15) is 9.59 Å². The van der Waals surface area contributed by atoms with Crippen molar-refractivity contribution in [1.29, 1.82) is 0 Å². The third-order valence-corrected chi connectivity index (χ3v) is 3.69. The standard InChI is InChI=1S/C19H22N2O3/c1-21(2)18(16-6-4-3-5-7-16)12-20-19(23)14-24-17-10-8-15(13-22)9-11-17/h3-11,13,18H,12,14H2,1-2H3,(H,20,23). The molecule has 0 saturated heterocycles. The Morgan fingerprint density at radius 3 is 2.38 bits per heavy atom. The number of hydrogen-bond acceptors (Lipinski definition) is 4. The van der Waals surface area contributed by atoms with Gasteiger partial charge in [-0.15, -0.1) is 0 Å². The van der Waals surface area contributed by atoms with Crippen molar-refractivity contribution >= 4 is 12.2 Å². The molecule has 0 heterocycles. The fourth-order valence-corrected chi connectivity index (χ4v) is 2.33. The van der Waals surface area contributed by atoms with E-state index in [-0.39, 0.29) is 18.6 Å². The van der Waals surface area contributed by atoms with E-state index >= 15 is 0 Å². The third-order valence-electron chi connectivity index (χ3n) is 3.69. The topological polar surface area (TPSA) is 58.6 Å². The number of benzene rings is 2. The Kier molecular flexibility index (Phi) is 6.51. The Bertz CT molecular complexity index is 654. The lowest BCUT2D eigenvalue weighted by molar-refractivity contribution is -0.123. The van der Waals surface area contributed by atoms with Crippen LogP contribution in [0.4, 0.5) is 0 Å². The van der Waals surface area contributed by atoms with Gasteiger partial charge in [-0.25, -0.2) is 0 Å². The summed E-state index contributed by atoms with van der Waals surface area (Å²) in [5.74, 6) is 0.375. The number of carbonyl (C=O) groups excluding carboxylic acids is 2. The lowest BCUT2D eigenvalue weighted by Crippen LogP contribution is -2.36. The predicted molar refractivity (Wildman–Crippen MR) is 93.2 cm³/mol. The van der Waals surface area contributed by atoms with Gasteiger partial charge < -0.3 is 15.0 Å². The molecule has 24 heavy (non-hydrogen) atoms. The number of hydrogen-bond donors (Lipinski definition) is 1.